The van der Waals surface area contributed by atoms with Gasteiger partial charge in [0.15, 0.2) is 5.82 Å². The molecule has 0 saturated heterocycles. The van der Waals surface area contributed by atoms with Gasteiger partial charge in [-0.1, -0.05) is 43.1 Å². The first-order chi connectivity index (χ1) is 17.8. The Morgan fingerprint density at radius 1 is 1.11 bits per heavy atom. The number of nitrogen functional groups attached to an aromatic ring is 1. The number of sulfonamides is 1. The highest BCUT2D eigenvalue weighted by molar-refractivity contribution is 7.90. The molecule has 0 fully saturated rings. The van der Waals surface area contributed by atoms with E-state index in [-0.39, 0.29) is 18.0 Å². The number of halogens is 1. The number of unbranched alkanes of at least 4 members (excludes halogenated alkanes) is 1. The molecule has 0 aliphatic rings. The monoisotopic (exact) mass is 544 g/mol. The number of hydrogen-bond donors (Lipinski definition) is 3. The van der Waals surface area contributed by atoms with Crippen molar-refractivity contribution < 1.29 is 17.9 Å². The number of amides is 2. The van der Waals surface area contributed by atoms with Gasteiger partial charge < -0.3 is 20.4 Å². The second kappa shape index (κ2) is 11.8. The summed E-state index contributed by atoms with van der Waals surface area (Å²) in [7, 11) is -4.00. The zero-order chi connectivity index (χ0) is 26.4. The van der Waals surface area contributed by atoms with E-state index in [0.717, 1.165) is 41.5 Å². The number of nitrogens with two attached hydrogens (primary N) is 1. The van der Waals surface area contributed by atoms with Crippen LogP contribution in [0.4, 0.5) is 10.6 Å². The Bertz CT molecular complexity index is 1510. The van der Waals surface area contributed by atoms with Crippen molar-refractivity contribution in [3.05, 3.63) is 59.4 Å². The molecule has 0 unspecified atom stereocenters. The number of urea groups is 1. The number of fused-ring (bicyclic) bond motifs is 3. The normalized spacial score (nSPS) is 11.7. The summed E-state index contributed by atoms with van der Waals surface area (Å²) in [5, 5.41) is 3.86. The molecule has 37 heavy (non-hydrogen) atoms. The topological polar surface area (TPSA) is 141 Å². The molecule has 4 N–H and O–H groups in total. The lowest BCUT2D eigenvalue weighted by molar-refractivity contribution is 0.129. The molecule has 0 aliphatic heterocycles. The van der Waals surface area contributed by atoms with Gasteiger partial charge in [0.1, 0.15) is 11.3 Å². The number of carbonyl (C=O) groups is 1. The molecule has 0 radical (unpaired) electrons. The Kier molecular flexibility index (Phi) is 8.47. The van der Waals surface area contributed by atoms with Crippen LogP contribution in [-0.4, -0.2) is 48.7 Å². The number of anilines is 1. The van der Waals surface area contributed by atoms with E-state index in [1.807, 2.05) is 29.0 Å². The molecule has 2 aromatic carbocycles. The van der Waals surface area contributed by atoms with Gasteiger partial charge in [0.05, 0.1) is 29.1 Å². The Balaban J connectivity index is 1.35. The fourth-order valence-electron chi connectivity index (χ4n) is 4.00. The minimum absolute atomic E-state index is 0.0573. The molecule has 0 saturated carbocycles. The van der Waals surface area contributed by atoms with E-state index in [0.29, 0.717) is 29.5 Å². The smallest absolute Gasteiger partial charge is 0.328 e. The summed E-state index contributed by atoms with van der Waals surface area (Å²) < 4.78 is 34.4. The molecule has 2 aromatic heterocycles. The largest absolute Gasteiger partial charge is 0.382 e. The summed E-state index contributed by atoms with van der Waals surface area (Å²) in [4.78, 5) is 21.3. The lowest BCUT2D eigenvalue weighted by Gasteiger charge is -2.12. The molecule has 12 heteroatoms. The summed E-state index contributed by atoms with van der Waals surface area (Å²) >= 11 is 5.78. The summed E-state index contributed by atoms with van der Waals surface area (Å²) in [5.41, 5.74) is 8.65. The maximum absolute atomic E-state index is 12.3. The number of benzene rings is 2. The number of nitrogens with zero attached hydrogens (tertiary/aromatic N) is 3. The van der Waals surface area contributed by atoms with Crippen molar-refractivity contribution in [1.82, 2.24) is 24.6 Å². The van der Waals surface area contributed by atoms with Crippen LogP contribution in [0.15, 0.2) is 53.4 Å². The SMILES string of the molecule is CCCCc1nc2c(N)nc3ccccc3c2n1CCOCCNC(=O)NS(=O)(=O)c1ccc(Cl)cc1. The average Bonchev–Trinajstić information content (AvgIpc) is 3.24. The van der Waals surface area contributed by atoms with E-state index in [2.05, 4.69) is 21.8 Å². The number of hydrogen-bond acceptors (Lipinski definition) is 7. The molecule has 2 amide bonds. The third-order valence-corrected chi connectivity index (χ3v) is 7.38. The zero-order valence-corrected chi connectivity index (χ0v) is 22.0. The van der Waals surface area contributed by atoms with Crippen LogP contribution >= 0.6 is 11.6 Å². The molecule has 0 bridgehead atoms. The number of carbonyl (C=O) groups excluding carboxylic acids is 1. The molecule has 0 atom stereocenters. The van der Waals surface area contributed by atoms with Crippen molar-refractivity contribution >= 4 is 55.4 Å². The number of aryl methyl sites for hydroxylation is 1. The highest BCUT2D eigenvalue weighted by Crippen LogP contribution is 2.29. The van der Waals surface area contributed by atoms with Crippen LogP contribution in [0, 0.1) is 0 Å². The number of para-hydroxylation sites is 1. The van der Waals surface area contributed by atoms with Gasteiger partial charge in [-0.2, -0.15) is 0 Å². The molecule has 4 rings (SSSR count). The van der Waals surface area contributed by atoms with Gasteiger partial charge in [0.2, 0.25) is 0 Å². The summed E-state index contributed by atoms with van der Waals surface area (Å²) in [6, 6.07) is 12.5. The molecular weight excluding hydrogens is 516 g/mol. The minimum atomic E-state index is -4.00. The number of pyridine rings is 1. The van der Waals surface area contributed by atoms with Crippen LogP contribution in [0.2, 0.25) is 5.02 Å². The zero-order valence-electron chi connectivity index (χ0n) is 20.4. The minimum Gasteiger partial charge on any atom is -0.382 e. The second-order valence-electron chi connectivity index (χ2n) is 8.42. The highest BCUT2D eigenvalue weighted by Gasteiger charge is 2.18. The molecule has 10 nitrogen and oxygen atoms in total. The van der Waals surface area contributed by atoms with Gasteiger partial charge in [-0.25, -0.2) is 27.9 Å². The Morgan fingerprint density at radius 3 is 2.62 bits per heavy atom. The van der Waals surface area contributed by atoms with E-state index in [1.54, 1.807) is 0 Å². The Morgan fingerprint density at radius 2 is 1.86 bits per heavy atom. The molecule has 0 aliphatic carbocycles. The number of nitrogens with one attached hydrogen (secondary N) is 2. The van der Waals surface area contributed by atoms with Crippen molar-refractivity contribution in [2.24, 2.45) is 0 Å². The van der Waals surface area contributed by atoms with Crippen LogP contribution in [0.25, 0.3) is 21.9 Å². The van der Waals surface area contributed by atoms with Gasteiger partial charge in [0.25, 0.3) is 10.0 Å². The van der Waals surface area contributed by atoms with Gasteiger partial charge in [-0.15, -0.1) is 0 Å². The van der Waals surface area contributed by atoms with Crippen LogP contribution < -0.4 is 15.8 Å². The second-order valence-corrected chi connectivity index (χ2v) is 10.5. The summed E-state index contributed by atoms with van der Waals surface area (Å²) in [6.07, 6.45) is 2.84. The van der Waals surface area contributed by atoms with Crippen LogP contribution in [0.3, 0.4) is 0 Å². The van der Waals surface area contributed by atoms with Crippen LogP contribution in [0.5, 0.6) is 0 Å². The average molecular weight is 545 g/mol. The molecular formula is C25H29ClN6O4S. The first kappa shape index (κ1) is 26.6. The quantitative estimate of drug-likeness (QED) is 0.243. The van der Waals surface area contributed by atoms with E-state index < -0.39 is 16.1 Å². The van der Waals surface area contributed by atoms with E-state index >= 15 is 0 Å². The van der Waals surface area contributed by atoms with Crippen molar-refractivity contribution in [3.8, 4) is 0 Å². The number of aromatic nitrogens is 3. The Labute approximate surface area is 220 Å². The van der Waals surface area contributed by atoms with Crippen molar-refractivity contribution in [1.29, 1.82) is 0 Å². The maximum Gasteiger partial charge on any atom is 0.328 e. The van der Waals surface area contributed by atoms with Crippen molar-refractivity contribution in [2.75, 3.05) is 25.5 Å². The third-order valence-electron chi connectivity index (χ3n) is 5.79. The number of rotatable bonds is 11. The first-order valence-electron chi connectivity index (χ1n) is 12.0. The van der Waals surface area contributed by atoms with Gasteiger partial charge in [0, 0.05) is 29.9 Å². The van der Waals surface area contributed by atoms with Crippen LogP contribution in [-0.2, 0) is 27.7 Å². The predicted molar refractivity (Wildman–Crippen MR) is 144 cm³/mol. The van der Waals surface area contributed by atoms with Gasteiger partial charge in [-0.05, 0) is 36.8 Å². The lowest BCUT2D eigenvalue weighted by Crippen LogP contribution is -2.40. The maximum atomic E-state index is 12.3. The van der Waals surface area contributed by atoms with E-state index in [9.17, 15) is 13.2 Å². The lowest BCUT2D eigenvalue weighted by atomic mass is 10.2. The molecule has 0 spiro atoms. The van der Waals surface area contributed by atoms with Crippen molar-refractivity contribution in [3.63, 3.8) is 0 Å². The summed E-state index contributed by atoms with van der Waals surface area (Å²) in [5.74, 6) is 1.32. The Hall–Kier alpha value is -3.41. The number of ether oxygens (including phenoxy) is 1. The summed E-state index contributed by atoms with van der Waals surface area (Å²) in [6.45, 7) is 3.38. The van der Waals surface area contributed by atoms with E-state index in [4.69, 9.17) is 27.1 Å². The fourth-order valence-corrected chi connectivity index (χ4v) is 5.05. The fraction of sp³-hybridized carbons (Fsp3) is 0.320. The number of imidazole rings is 1. The first-order valence-corrected chi connectivity index (χ1v) is 13.8. The molecule has 4 aromatic rings. The molecule has 2 heterocycles. The van der Waals surface area contributed by atoms with Gasteiger partial charge in [-0.3, -0.25) is 0 Å². The van der Waals surface area contributed by atoms with Gasteiger partial charge >= 0.3 is 6.03 Å². The van der Waals surface area contributed by atoms with Crippen LogP contribution in [0.1, 0.15) is 25.6 Å². The van der Waals surface area contributed by atoms with E-state index in [1.165, 1.54) is 24.3 Å². The predicted octanol–water partition coefficient (Wildman–Crippen LogP) is 3.87. The highest BCUT2D eigenvalue weighted by atomic mass is 35.5. The molecule has 196 valence electrons. The standard InChI is InChI=1S/C25H29ClN6O4S/c1-2-3-8-21-30-22-23(19-6-4-5-7-20(19)29-24(22)27)32(21)14-16-36-15-13-28-25(33)31-37(34,35)18-11-9-17(26)10-12-18/h4-7,9-12H,2-3,8,13-16H2,1H3,(H2,27,29)(H2,28,31,33). The van der Waals surface area contributed by atoms with Crippen molar-refractivity contribution in [2.45, 2.75) is 37.6 Å². The third kappa shape index (κ3) is 6.30.